The van der Waals surface area contributed by atoms with E-state index in [1.807, 2.05) is 6.07 Å². The number of hydrogen-bond acceptors (Lipinski definition) is 3. The summed E-state index contributed by atoms with van der Waals surface area (Å²) in [5.74, 6) is 0.322. The first-order valence-corrected chi connectivity index (χ1v) is 4.68. The van der Waals surface area contributed by atoms with Crippen molar-refractivity contribution in [1.29, 1.82) is 0 Å². The highest BCUT2D eigenvalue weighted by atomic mass is 28.3. The van der Waals surface area contributed by atoms with Crippen LogP contribution in [0.2, 0.25) is 0 Å². The molecule has 1 aromatic carbocycles. The van der Waals surface area contributed by atoms with Crippen molar-refractivity contribution in [2.75, 3.05) is 14.2 Å². The average molecular weight is 186 g/mol. The van der Waals surface area contributed by atoms with E-state index in [1.54, 1.807) is 38.5 Å². The molecule has 3 nitrogen and oxygen atoms in total. The molecule has 12 heavy (non-hydrogen) atoms. The van der Waals surface area contributed by atoms with Gasteiger partial charge in [-0.1, -0.05) is 18.2 Å². The summed E-state index contributed by atoms with van der Waals surface area (Å²) in [5, 5.41) is 8.63. The molecule has 0 amide bonds. The Morgan fingerprint density at radius 1 is 1.08 bits per heavy atom. The molecule has 0 aliphatic heterocycles. The molecular formula is C8H14O3Si. The first-order valence-electron chi connectivity index (χ1n) is 3.53. The SMILES string of the molecule is CO[SiH2]OC.Oc1ccccc1. The minimum atomic E-state index is -0.568. The minimum absolute atomic E-state index is 0.322. The fourth-order valence-electron chi connectivity index (χ4n) is 0.546. The molecule has 0 aliphatic carbocycles. The molecule has 0 saturated heterocycles. The fourth-order valence-corrected chi connectivity index (χ4v) is 0.782. The second-order valence-corrected chi connectivity index (χ2v) is 3.42. The Labute approximate surface area is 75.0 Å². The smallest absolute Gasteiger partial charge is 0.303 e. The van der Waals surface area contributed by atoms with E-state index < -0.39 is 10.0 Å². The summed E-state index contributed by atoms with van der Waals surface area (Å²) in [6.07, 6.45) is 0. The highest BCUT2D eigenvalue weighted by Crippen LogP contribution is 2.02. The molecule has 1 aromatic rings. The maximum Gasteiger partial charge on any atom is 0.303 e. The lowest BCUT2D eigenvalue weighted by Gasteiger charge is -1.86. The Hall–Kier alpha value is -0.843. The van der Waals surface area contributed by atoms with Crippen molar-refractivity contribution >= 4 is 10.0 Å². The third kappa shape index (κ3) is 7.27. The Kier molecular flexibility index (Phi) is 7.68. The van der Waals surface area contributed by atoms with E-state index in [0.717, 1.165) is 0 Å². The number of benzene rings is 1. The molecule has 0 heterocycles. The van der Waals surface area contributed by atoms with Crippen molar-refractivity contribution in [2.45, 2.75) is 0 Å². The molecule has 0 spiro atoms. The van der Waals surface area contributed by atoms with Crippen molar-refractivity contribution < 1.29 is 14.0 Å². The van der Waals surface area contributed by atoms with Crippen LogP contribution in [0.4, 0.5) is 0 Å². The zero-order valence-corrected chi connectivity index (χ0v) is 8.77. The summed E-state index contributed by atoms with van der Waals surface area (Å²) < 4.78 is 9.22. The predicted molar refractivity (Wildman–Crippen MR) is 50.7 cm³/mol. The number of rotatable bonds is 2. The lowest BCUT2D eigenvalue weighted by Crippen LogP contribution is -1.93. The lowest BCUT2D eigenvalue weighted by atomic mass is 10.3. The van der Waals surface area contributed by atoms with Crippen LogP contribution in [0.25, 0.3) is 0 Å². The van der Waals surface area contributed by atoms with E-state index >= 15 is 0 Å². The highest BCUT2D eigenvalue weighted by molar-refractivity contribution is 6.17. The van der Waals surface area contributed by atoms with E-state index in [1.165, 1.54) is 0 Å². The second kappa shape index (κ2) is 8.26. The lowest BCUT2D eigenvalue weighted by molar-refractivity contribution is 0.309. The van der Waals surface area contributed by atoms with Gasteiger partial charge in [0, 0.05) is 14.2 Å². The van der Waals surface area contributed by atoms with Gasteiger partial charge >= 0.3 is 10.0 Å². The molecule has 4 heteroatoms. The van der Waals surface area contributed by atoms with Gasteiger partial charge in [0.1, 0.15) is 5.75 Å². The van der Waals surface area contributed by atoms with Gasteiger partial charge in [-0.3, -0.25) is 0 Å². The van der Waals surface area contributed by atoms with Crippen molar-refractivity contribution in [1.82, 2.24) is 0 Å². The predicted octanol–water partition coefficient (Wildman–Crippen LogP) is 0.670. The van der Waals surface area contributed by atoms with Crippen molar-refractivity contribution in [3.8, 4) is 5.75 Å². The summed E-state index contributed by atoms with van der Waals surface area (Å²) >= 11 is 0. The Balaban J connectivity index is 0.000000217. The molecule has 0 unspecified atom stereocenters. The van der Waals surface area contributed by atoms with Gasteiger partial charge in [0.2, 0.25) is 0 Å². The van der Waals surface area contributed by atoms with Gasteiger partial charge in [-0.25, -0.2) is 0 Å². The molecule has 0 atom stereocenters. The minimum Gasteiger partial charge on any atom is -0.508 e. The molecule has 0 bridgehead atoms. The number of aromatic hydroxyl groups is 1. The molecule has 0 fully saturated rings. The third-order valence-electron chi connectivity index (χ3n) is 0.992. The summed E-state index contributed by atoms with van der Waals surface area (Å²) in [6, 6.07) is 8.71. The maximum atomic E-state index is 8.63. The summed E-state index contributed by atoms with van der Waals surface area (Å²) in [5.41, 5.74) is 0. The van der Waals surface area contributed by atoms with E-state index in [9.17, 15) is 0 Å². The zero-order valence-electron chi connectivity index (χ0n) is 7.36. The van der Waals surface area contributed by atoms with Crippen molar-refractivity contribution in [3.05, 3.63) is 30.3 Å². The number of phenols is 1. The quantitative estimate of drug-likeness (QED) is 0.690. The first-order chi connectivity index (χ1) is 5.81. The Morgan fingerprint density at radius 3 is 1.75 bits per heavy atom. The second-order valence-electron chi connectivity index (χ2n) is 2.03. The Morgan fingerprint density at radius 2 is 1.58 bits per heavy atom. The van der Waals surface area contributed by atoms with Crippen LogP contribution in [-0.4, -0.2) is 29.3 Å². The molecule has 0 radical (unpaired) electrons. The van der Waals surface area contributed by atoms with E-state index in [-0.39, 0.29) is 0 Å². The molecule has 0 aliphatic rings. The average Bonchev–Trinajstić information content (AvgIpc) is 2.08. The van der Waals surface area contributed by atoms with E-state index in [0.29, 0.717) is 5.75 Å². The summed E-state index contributed by atoms with van der Waals surface area (Å²) in [6.45, 7) is 0. The molecule has 68 valence electrons. The third-order valence-corrected chi connectivity index (χ3v) is 1.46. The van der Waals surface area contributed by atoms with E-state index in [2.05, 4.69) is 8.85 Å². The van der Waals surface area contributed by atoms with Crippen LogP contribution in [0.1, 0.15) is 0 Å². The molecule has 0 aromatic heterocycles. The van der Waals surface area contributed by atoms with Gasteiger partial charge in [0.15, 0.2) is 0 Å². The maximum absolute atomic E-state index is 8.63. The van der Waals surface area contributed by atoms with Crippen LogP contribution in [0.5, 0.6) is 5.75 Å². The van der Waals surface area contributed by atoms with Crippen molar-refractivity contribution in [2.24, 2.45) is 0 Å². The zero-order chi connectivity index (χ0) is 9.23. The number of para-hydroxylation sites is 1. The van der Waals surface area contributed by atoms with Crippen LogP contribution >= 0.6 is 0 Å². The molecule has 0 saturated carbocycles. The standard InChI is InChI=1S/C6H6O.C2H8O2Si/c7-6-4-2-1-3-5-6;1-3-5-4-2/h1-5,7H;5H2,1-2H3. The van der Waals surface area contributed by atoms with Gasteiger partial charge in [0.25, 0.3) is 0 Å². The Bertz CT molecular complexity index is 177. The topological polar surface area (TPSA) is 38.7 Å². The highest BCUT2D eigenvalue weighted by Gasteiger charge is 1.74. The fraction of sp³-hybridized carbons (Fsp3) is 0.250. The monoisotopic (exact) mass is 186 g/mol. The molecule has 1 rings (SSSR count). The van der Waals surface area contributed by atoms with Crippen LogP contribution in [0.3, 0.4) is 0 Å². The van der Waals surface area contributed by atoms with Crippen molar-refractivity contribution in [3.63, 3.8) is 0 Å². The van der Waals surface area contributed by atoms with Crippen LogP contribution in [0, 0.1) is 0 Å². The van der Waals surface area contributed by atoms with E-state index in [4.69, 9.17) is 5.11 Å². The molecular weight excluding hydrogens is 172 g/mol. The molecule has 1 N–H and O–H groups in total. The number of phenolic OH excluding ortho intramolecular Hbond substituents is 1. The van der Waals surface area contributed by atoms with Crippen LogP contribution in [-0.2, 0) is 8.85 Å². The van der Waals surface area contributed by atoms with Crippen LogP contribution in [0.15, 0.2) is 30.3 Å². The first kappa shape index (κ1) is 11.2. The van der Waals surface area contributed by atoms with Gasteiger partial charge < -0.3 is 14.0 Å². The summed E-state index contributed by atoms with van der Waals surface area (Å²) in [7, 11) is 2.73. The van der Waals surface area contributed by atoms with Gasteiger partial charge in [-0.05, 0) is 12.1 Å². The largest absolute Gasteiger partial charge is 0.508 e. The normalized spacial score (nSPS) is 8.50. The van der Waals surface area contributed by atoms with Gasteiger partial charge in [0.05, 0.1) is 0 Å². The van der Waals surface area contributed by atoms with Crippen LogP contribution < -0.4 is 0 Å². The summed E-state index contributed by atoms with van der Waals surface area (Å²) in [4.78, 5) is 0. The van der Waals surface area contributed by atoms with Gasteiger partial charge in [-0.15, -0.1) is 0 Å². The number of hydrogen-bond donors (Lipinski definition) is 1. The van der Waals surface area contributed by atoms with Gasteiger partial charge in [-0.2, -0.15) is 0 Å².